The van der Waals surface area contributed by atoms with Gasteiger partial charge in [0.2, 0.25) is 0 Å². The predicted molar refractivity (Wildman–Crippen MR) is 112 cm³/mol. The molecular formula is C19H14BrClN2O4S. The van der Waals surface area contributed by atoms with Crippen LogP contribution in [0.2, 0.25) is 5.02 Å². The Morgan fingerprint density at radius 2 is 2.07 bits per heavy atom. The van der Waals surface area contributed by atoms with E-state index < -0.39 is 5.97 Å². The monoisotopic (exact) mass is 480 g/mol. The Morgan fingerprint density at radius 1 is 1.29 bits per heavy atom. The molecule has 9 heteroatoms. The van der Waals surface area contributed by atoms with Gasteiger partial charge in [-0.2, -0.15) is 0 Å². The summed E-state index contributed by atoms with van der Waals surface area (Å²) in [5, 5.41) is 18.0. The van der Waals surface area contributed by atoms with Crippen molar-refractivity contribution in [1.29, 1.82) is 0 Å². The van der Waals surface area contributed by atoms with Crippen LogP contribution in [0.1, 0.15) is 11.1 Å². The van der Waals surface area contributed by atoms with Crippen LogP contribution in [0.3, 0.4) is 0 Å². The molecule has 0 saturated heterocycles. The van der Waals surface area contributed by atoms with Gasteiger partial charge in [-0.25, -0.2) is 4.79 Å². The minimum Gasteiger partial charge on any atom is -0.496 e. The third-order valence-electron chi connectivity index (χ3n) is 3.70. The molecule has 0 atom stereocenters. The highest BCUT2D eigenvalue weighted by molar-refractivity contribution is 9.10. The SMILES string of the molecule is COc1ccc(Cl)cc1-c1nnc(S/C(=C\c2ccc(C)c(Br)c2)C(=O)O)o1. The molecule has 0 spiro atoms. The summed E-state index contributed by atoms with van der Waals surface area (Å²) in [5.74, 6) is -0.394. The lowest BCUT2D eigenvalue weighted by molar-refractivity contribution is -0.131. The Labute approximate surface area is 178 Å². The highest BCUT2D eigenvalue weighted by atomic mass is 79.9. The van der Waals surface area contributed by atoms with Crippen molar-refractivity contribution in [2.75, 3.05) is 7.11 Å². The number of nitrogens with zero attached hydrogens (tertiary/aromatic N) is 2. The van der Waals surface area contributed by atoms with Gasteiger partial charge in [0.1, 0.15) is 10.7 Å². The maximum atomic E-state index is 11.7. The molecule has 0 unspecified atom stereocenters. The first kappa shape index (κ1) is 20.4. The molecular weight excluding hydrogens is 468 g/mol. The van der Waals surface area contributed by atoms with Gasteiger partial charge in [0.05, 0.1) is 12.7 Å². The molecule has 2 aromatic carbocycles. The predicted octanol–water partition coefficient (Wildman–Crippen LogP) is 5.69. The van der Waals surface area contributed by atoms with E-state index in [1.807, 2.05) is 25.1 Å². The van der Waals surface area contributed by atoms with Crippen molar-refractivity contribution >= 4 is 51.3 Å². The standard InChI is InChI=1S/C19H14BrClN2O4S/c1-10-3-4-11(7-14(10)20)8-16(18(24)25)28-19-23-22-17(27-19)13-9-12(21)5-6-15(13)26-2/h3-9H,1-2H3,(H,24,25)/b16-8-. The first-order chi connectivity index (χ1) is 13.4. The molecule has 1 heterocycles. The van der Waals surface area contributed by atoms with Gasteiger partial charge in [-0.3, -0.25) is 0 Å². The fourth-order valence-corrected chi connectivity index (χ4v) is 3.53. The quantitative estimate of drug-likeness (QED) is 0.358. The van der Waals surface area contributed by atoms with E-state index in [1.165, 1.54) is 7.11 Å². The van der Waals surface area contributed by atoms with Gasteiger partial charge in [0, 0.05) is 9.50 Å². The number of aliphatic carboxylic acids is 1. The number of ether oxygens (including phenoxy) is 1. The molecule has 0 fully saturated rings. The summed E-state index contributed by atoms with van der Waals surface area (Å²) >= 11 is 10.3. The van der Waals surface area contributed by atoms with E-state index in [0.29, 0.717) is 16.3 Å². The normalized spacial score (nSPS) is 11.5. The number of hydrogen-bond acceptors (Lipinski definition) is 6. The molecule has 144 valence electrons. The first-order valence-electron chi connectivity index (χ1n) is 7.94. The Morgan fingerprint density at radius 3 is 2.75 bits per heavy atom. The number of thioether (sulfide) groups is 1. The molecule has 28 heavy (non-hydrogen) atoms. The fourth-order valence-electron chi connectivity index (χ4n) is 2.29. The number of aryl methyl sites for hydroxylation is 1. The van der Waals surface area contributed by atoms with Gasteiger partial charge < -0.3 is 14.3 Å². The van der Waals surface area contributed by atoms with Crippen molar-refractivity contribution in [3.8, 4) is 17.2 Å². The smallest absolute Gasteiger partial charge is 0.342 e. The minimum atomic E-state index is -1.10. The van der Waals surface area contributed by atoms with E-state index in [4.69, 9.17) is 20.8 Å². The summed E-state index contributed by atoms with van der Waals surface area (Å²) in [6.07, 6.45) is 1.54. The molecule has 0 aliphatic carbocycles. The number of benzene rings is 2. The average molecular weight is 482 g/mol. The van der Waals surface area contributed by atoms with Crippen LogP contribution in [0.4, 0.5) is 0 Å². The summed E-state index contributed by atoms with van der Waals surface area (Å²) in [6.45, 7) is 1.95. The number of methoxy groups -OCH3 is 1. The van der Waals surface area contributed by atoms with Gasteiger partial charge in [-0.15, -0.1) is 10.2 Å². The summed E-state index contributed by atoms with van der Waals surface area (Å²) in [6, 6.07) is 10.6. The third-order valence-corrected chi connectivity index (χ3v) is 5.64. The van der Waals surface area contributed by atoms with Crippen LogP contribution >= 0.6 is 39.3 Å². The molecule has 0 radical (unpaired) electrons. The third kappa shape index (κ3) is 4.76. The van der Waals surface area contributed by atoms with E-state index in [-0.39, 0.29) is 16.0 Å². The van der Waals surface area contributed by atoms with Crippen LogP contribution in [0, 0.1) is 6.92 Å². The zero-order valence-corrected chi connectivity index (χ0v) is 17.9. The van der Waals surface area contributed by atoms with Crippen LogP contribution in [-0.2, 0) is 4.79 Å². The summed E-state index contributed by atoms with van der Waals surface area (Å²) in [7, 11) is 1.52. The van der Waals surface area contributed by atoms with E-state index in [2.05, 4.69) is 26.1 Å². The van der Waals surface area contributed by atoms with E-state index >= 15 is 0 Å². The number of carboxylic acids is 1. The zero-order chi connectivity index (χ0) is 20.3. The van der Waals surface area contributed by atoms with Crippen LogP contribution < -0.4 is 4.74 Å². The maximum absolute atomic E-state index is 11.7. The number of rotatable bonds is 6. The zero-order valence-electron chi connectivity index (χ0n) is 14.8. The highest BCUT2D eigenvalue weighted by Gasteiger charge is 2.18. The summed E-state index contributed by atoms with van der Waals surface area (Å²) < 4.78 is 11.8. The van der Waals surface area contributed by atoms with Crippen LogP contribution in [0.15, 0.2) is 55.4 Å². The van der Waals surface area contributed by atoms with Crippen molar-refractivity contribution in [3.05, 3.63) is 61.9 Å². The van der Waals surface area contributed by atoms with Crippen molar-refractivity contribution in [2.24, 2.45) is 0 Å². The maximum Gasteiger partial charge on any atom is 0.342 e. The van der Waals surface area contributed by atoms with Crippen molar-refractivity contribution in [3.63, 3.8) is 0 Å². The number of carboxylic acid groups (broad SMARTS) is 1. The van der Waals surface area contributed by atoms with Crippen molar-refractivity contribution < 1.29 is 19.1 Å². The molecule has 0 amide bonds. The number of aromatic nitrogens is 2. The topological polar surface area (TPSA) is 85.5 Å². The molecule has 6 nitrogen and oxygen atoms in total. The van der Waals surface area contributed by atoms with Gasteiger partial charge in [-0.1, -0.05) is 39.7 Å². The van der Waals surface area contributed by atoms with Gasteiger partial charge >= 0.3 is 5.97 Å². The Balaban J connectivity index is 1.90. The Hall–Kier alpha value is -2.29. The molecule has 3 rings (SSSR count). The second kappa shape index (κ2) is 8.81. The number of halogens is 2. The molecule has 0 saturated carbocycles. The van der Waals surface area contributed by atoms with E-state index in [0.717, 1.165) is 27.4 Å². The van der Waals surface area contributed by atoms with Gasteiger partial charge in [0.15, 0.2) is 0 Å². The van der Waals surface area contributed by atoms with Gasteiger partial charge in [-0.05, 0) is 60.2 Å². The largest absolute Gasteiger partial charge is 0.496 e. The molecule has 3 aromatic rings. The minimum absolute atomic E-state index is 0.0454. The molecule has 0 bridgehead atoms. The second-order valence-electron chi connectivity index (χ2n) is 5.64. The van der Waals surface area contributed by atoms with Gasteiger partial charge in [0.25, 0.3) is 11.1 Å². The lowest BCUT2D eigenvalue weighted by Gasteiger charge is -2.04. The molecule has 0 aliphatic heterocycles. The molecule has 0 aliphatic rings. The van der Waals surface area contributed by atoms with E-state index in [1.54, 1.807) is 24.3 Å². The van der Waals surface area contributed by atoms with Crippen molar-refractivity contribution in [1.82, 2.24) is 10.2 Å². The molecule has 1 aromatic heterocycles. The fraction of sp³-hybridized carbons (Fsp3) is 0.105. The Kier molecular flexibility index (Phi) is 6.43. The van der Waals surface area contributed by atoms with Crippen LogP contribution in [0.25, 0.3) is 17.5 Å². The Bertz CT molecular complexity index is 1070. The summed E-state index contributed by atoms with van der Waals surface area (Å²) in [5.41, 5.74) is 2.31. The average Bonchev–Trinajstić information content (AvgIpc) is 3.12. The highest BCUT2D eigenvalue weighted by Crippen LogP contribution is 2.35. The van der Waals surface area contributed by atoms with E-state index in [9.17, 15) is 9.90 Å². The van der Waals surface area contributed by atoms with Crippen LogP contribution in [0.5, 0.6) is 5.75 Å². The van der Waals surface area contributed by atoms with Crippen molar-refractivity contribution in [2.45, 2.75) is 12.1 Å². The number of hydrogen-bond donors (Lipinski definition) is 1. The lowest BCUT2D eigenvalue weighted by Crippen LogP contribution is -1.96. The molecule has 1 N–H and O–H groups in total. The first-order valence-corrected chi connectivity index (χ1v) is 9.92. The van der Waals surface area contributed by atoms with Crippen LogP contribution in [-0.4, -0.2) is 28.4 Å². The summed E-state index contributed by atoms with van der Waals surface area (Å²) in [4.78, 5) is 11.7. The number of carbonyl (C=O) groups is 1. The lowest BCUT2D eigenvalue weighted by atomic mass is 10.1. The second-order valence-corrected chi connectivity index (χ2v) is 7.93.